The van der Waals surface area contributed by atoms with Crippen molar-refractivity contribution in [3.05, 3.63) is 60.2 Å². The molecule has 4 amide bonds. The number of nitrogens with one attached hydrogen (secondary N) is 3. The van der Waals surface area contributed by atoms with E-state index >= 15 is 0 Å². The fraction of sp³-hybridized carbons (Fsp3) is 0.227. The Morgan fingerprint density at radius 3 is 2.22 bits per heavy atom. The number of rotatable bonds is 7. The largest absolute Gasteiger partial charge is 0.455 e. The van der Waals surface area contributed by atoms with Crippen LogP contribution in [0.2, 0.25) is 0 Å². The van der Waals surface area contributed by atoms with Gasteiger partial charge in [-0.25, -0.2) is 0 Å². The molecule has 10 heteroatoms. The summed E-state index contributed by atoms with van der Waals surface area (Å²) in [5.74, 6) is -3.13. The van der Waals surface area contributed by atoms with Crippen molar-refractivity contribution in [1.29, 1.82) is 0 Å². The van der Waals surface area contributed by atoms with Crippen LogP contribution in [0.5, 0.6) is 0 Å². The van der Waals surface area contributed by atoms with Gasteiger partial charge in [0.2, 0.25) is 11.8 Å². The molecular formula is C22H22N4O6. The lowest BCUT2D eigenvalue weighted by molar-refractivity contribution is -0.151. The zero-order valence-electron chi connectivity index (χ0n) is 17.3. The molecule has 3 N–H and O–H groups in total. The Balaban J connectivity index is 1.44. The zero-order valence-corrected chi connectivity index (χ0v) is 17.3. The van der Waals surface area contributed by atoms with E-state index in [1.54, 1.807) is 54.6 Å². The molecule has 0 spiro atoms. The Kier molecular flexibility index (Phi) is 7.17. The van der Waals surface area contributed by atoms with Gasteiger partial charge in [0.05, 0.1) is 12.5 Å². The second-order valence-electron chi connectivity index (χ2n) is 7.13. The molecule has 3 rings (SSSR count). The van der Waals surface area contributed by atoms with Crippen LogP contribution in [0.15, 0.2) is 54.6 Å². The third-order valence-corrected chi connectivity index (χ3v) is 4.57. The molecule has 2 aromatic rings. The number of amides is 4. The minimum Gasteiger partial charge on any atom is -0.455 e. The van der Waals surface area contributed by atoms with E-state index in [1.165, 1.54) is 6.92 Å². The molecule has 166 valence electrons. The maximum absolute atomic E-state index is 12.3. The summed E-state index contributed by atoms with van der Waals surface area (Å²) < 4.78 is 5.02. The predicted molar refractivity (Wildman–Crippen MR) is 114 cm³/mol. The summed E-state index contributed by atoms with van der Waals surface area (Å²) in [4.78, 5) is 59.6. The maximum atomic E-state index is 12.3. The fourth-order valence-corrected chi connectivity index (χ4v) is 3.04. The van der Waals surface area contributed by atoms with Gasteiger partial charge in [0.25, 0.3) is 11.8 Å². The lowest BCUT2D eigenvalue weighted by Crippen LogP contribution is -2.43. The summed E-state index contributed by atoms with van der Waals surface area (Å²) in [6.45, 7) is 0.828. The number of carbonyl (C=O) groups is 5. The number of hydrogen-bond donors (Lipinski definition) is 3. The molecule has 0 radical (unpaired) electrons. The quantitative estimate of drug-likeness (QED) is 0.558. The van der Waals surface area contributed by atoms with Crippen LogP contribution in [-0.2, 0) is 23.9 Å². The van der Waals surface area contributed by atoms with Crippen LogP contribution in [-0.4, -0.2) is 47.8 Å². The first-order chi connectivity index (χ1) is 15.3. The molecule has 10 nitrogen and oxygen atoms in total. The second kappa shape index (κ2) is 10.2. The van der Waals surface area contributed by atoms with Gasteiger partial charge in [-0.15, -0.1) is 0 Å². The number of anilines is 2. The molecule has 32 heavy (non-hydrogen) atoms. The molecule has 1 atom stereocenters. The van der Waals surface area contributed by atoms with Crippen molar-refractivity contribution in [3.63, 3.8) is 0 Å². The summed E-state index contributed by atoms with van der Waals surface area (Å²) in [5.41, 5.74) is 3.90. The molecule has 0 bridgehead atoms. The summed E-state index contributed by atoms with van der Waals surface area (Å²) in [5, 5.41) is 6.25. The highest BCUT2D eigenvalue weighted by Gasteiger charge is 2.36. The van der Waals surface area contributed by atoms with Crippen LogP contribution < -0.4 is 16.1 Å². The van der Waals surface area contributed by atoms with Crippen molar-refractivity contribution in [1.82, 2.24) is 10.4 Å². The summed E-state index contributed by atoms with van der Waals surface area (Å²) >= 11 is 0. The highest BCUT2D eigenvalue weighted by Crippen LogP contribution is 2.18. The Labute approximate surface area is 183 Å². The predicted octanol–water partition coefficient (Wildman–Crippen LogP) is 1.32. The smallest absolute Gasteiger partial charge is 0.311 e. The van der Waals surface area contributed by atoms with Gasteiger partial charge in [0.1, 0.15) is 0 Å². The average Bonchev–Trinajstić information content (AvgIpc) is 3.14. The number of ether oxygens (including phenoxy) is 1. The van der Waals surface area contributed by atoms with Crippen LogP contribution >= 0.6 is 0 Å². The lowest BCUT2D eigenvalue weighted by Gasteiger charge is -2.17. The van der Waals surface area contributed by atoms with E-state index in [0.29, 0.717) is 16.9 Å². The van der Waals surface area contributed by atoms with Crippen molar-refractivity contribution in [2.24, 2.45) is 5.92 Å². The van der Waals surface area contributed by atoms with E-state index in [9.17, 15) is 24.0 Å². The molecule has 1 fully saturated rings. The summed E-state index contributed by atoms with van der Waals surface area (Å²) in [7, 11) is 0. The molecule has 1 heterocycles. The SMILES string of the molecule is CC(=O)Nc1ccc(NC(=O)COC(=O)[C@@H]2CC(=O)N(NC(=O)c3ccccc3)C2)cc1. The highest BCUT2D eigenvalue weighted by molar-refractivity contribution is 5.97. The third kappa shape index (κ3) is 6.14. The van der Waals surface area contributed by atoms with Crippen molar-refractivity contribution in [2.75, 3.05) is 23.8 Å². The van der Waals surface area contributed by atoms with Crippen molar-refractivity contribution in [2.45, 2.75) is 13.3 Å². The first-order valence-corrected chi connectivity index (χ1v) is 9.82. The van der Waals surface area contributed by atoms with E-state index in [0.717, 1.165) is 5.01 Å². The van der Waals surface area contributed by atoms with Gasteiger partial charge in [-0.05, 0) is 36.4 Å². The summed E-state index contributed by atoms with van der Waals surface area (Å²) in [6.07, 6.45) is -0.125. The fourth-order valence-electron chi connectivity index (χ4n) is 3.04. The lowest BCUT2D eigenvalue weighted by atomic mass is 10.1. The van der Waals surface area contributed by atoms with Crippen LogP contribution in [0.1, 0.15) is 23.7 Å². The Bertz CT molecular complexity index is 1020. The number of hydrogen-bond acceptors (Lipinski definition) is 6. The van der Waals surface area contributed by atoms with Gasteiger partial charge >= 0.3 is 5.97 Å². The van der Waals surface area contributed by atoms with Crippen molar-refractivity contribution < 1.29 is 28.7 Å². The molecule has 0 aliphatic carbocycles. The number of benzene rings is 2. The Morgan fingerprint density at radius 2 is 1.59 bits per heavy atom. The van der Waals surface area contributed by atoms with E-state index < -0.39 is 36.2 Å². The number of hydrazine groups is 1. The Morgan fingerprint density at radius 1 is 0.969 bits per heavy atom. The highest BCUT2D eigenvalue weighted by atomic mass is 16.5. The normalized spacial score (nSPS) is 15.1. The van der Waals surface area contributed by atoms with Crippen LogP contribution in [0.25, 0.3) is 0 Å². The van der Waals surface area contributed by atoms with Gasteiger partial charge in [-0.2, -0.15) is 0 Å². The average molecular weight is 438 g/mol. The van der Waals surface area contributed by atoms with Crippen molar-refractivity contribution >= 4 is 41.0 Å². The molecule has 1 aliphatic rings. The van der Waals surface area contributed by atoms with Gasteiger partial charge in [0, 0.05) is 30.3 Å². The first kappa shape index (κ1) is 22.5. The van der Waals surface area contributed by atoms with E-state index in [1.807, 2.05) is 0 Å². The monoisotopic (exact) mass is 438 g/mol. The van der Waals surface area contributed by atoms with E-state index in [2.05, 4.69) is 16.1 Å². The third-order valence-electron chi connectivity index (χ3n) is 4.57. The minimum atomic E-state index is -0.789. The topological polar surface area (TPSA) is 134 Å². The standard InChI is InChI=1S/C22H22N4O6/c1-14(27)23-17-7-9-18(10-8-17)24-19(28)13-32-22(31)16-11-20(29)26(12-16)25-21(30)15-5-3-2-4-6-15/h2-10,16H,11-13H2,1H3,(H,23,27)(H,24,28)(H,25,30)/t16-/m1/s1. The zero-order chi connectivity index (χ0) is 23.1. The van der Waals surface area contributed by atoms with Crippen LogP contribution in [0.4, 0.5) is 11.4 Å². The van der Waals surface area contributed by atoms with Gasteiger partial charge in [-0.3, -0.25) is 34.4 Å². The van der Waals surface area contributed by atoms with E-state index in [-0.39, 0.29) is 18.9 Å². The summed E-state index contributed by atoms with van der Waals surface area (Å²) in [6, 6.07) is 14.8. The molecule has 2 aromatic carbocycles. The van der Waals surface area contributed by atoms with Crippen LogP contribution in [0.3, 0.4) is 0 Å². The molecule has 1 aliphatic heterocycles. The maximum Gasteiger partial charge on any atom is 0.311 e. The van der Waals surface area contributed by atoms with Crippen LogP contribution in [0, 0.1) is 5.92 Å². The number of carbonyl (C=O) groups excluding carboxylic acids is 5. The van der Waals surface area contributed by atoms with E-state index in [4.69, 9.17) is 4.74 Å². The molecular weight excluding hydrogens is 416 g/mol. The molecule has 0 unspecified atom stereocenters. The van der Waals surface area contributed by atoms with Gasteiger partial charge < -0.3 is 15.4 Å². The Hall–Kier alpha value is -4.21. The van der Waals surface area contributed by atoms with Gasteiger partial charge in [-0.1, -0.05) is 18.2 Å². The first-order valence-electron chi connectivity index (χ1n) is 9.82. The number of nitrogens with zero attached hydrogens (tertiary/aromatic N) is 1. The molecule has 0 saturated carbocycles. The number of esters is 1. The molecule has 0 aromatic heterocycles. The molecule has 1 saturated heterocycles. The minimum absolute atomic E-state index is 0.0392. The van der Waals surface area contributed by atoms with Crippen molar-refractivity contribution in [3.8, 4) is 0 Å². The second-order valence-corrected chi connectivity index (χ2v) is 7.13. The van der Waals surface area contributed by atoms with Gasteiger partial charge in [0.15, 0.2) is 6.61 Å².